The summed E-state index contributed by atoms with van der Waals surface area (Å²) < 4.78 is 43.9. The van der Waals surface area contributed by atoms with Crippen molar-refractivity contribution in [2.45, 2.75) is 186 Å². The van der Waals surface area contributed by atoms with Gasteiger partial charge in [0, 0.05) is 51.4 Å². The molecule has 3 rings (SSSR count). The fraction of sp³-hybridized carbons (Fsp3) is 0.925. The Labute approximate surface area is 333 Å². The van der Waals surface area contributed by atoms with Gasteiger partial charge >= 0.3 is 5.97 Å². The third-order valence-corrected chi connectivity index (χ3v) is 12.3. The normalized spacial score (nSPS) is 46.0. The van der Waals surface area contributed by atoms with Crippen molar-refractivity contribution in [3.63, 3.8) is 0 Å². The monoisotopic (exact) mass is 807 g/mol. The Morgan fingerprint density at radius 1 is 0.875 bits per heavy atom. The molecule has 0 amide bonds. The molecule has 0 spiro atoms. The smallest absolute Gasteiger partial charge is 0.311 e. The Kier molecular flexibility index (Phi) is 18.4. The summed E-state index contributed by atoms with van der Waals surface area (Å²) in [5, 5.41) is 53.0. The number of aliphatic hydroxyl groups is 4. The summed E-state index contributed by atoms with van der Waals surface area (Å²) in [6, 6.07) is -0.283. The van der Waals surface area contributed by atoms with E-state index in [1.807, 2.05) is 32.8 Å². The Hall–Kier alpha value is -1.83. The third-order valence-electron chi connectivity index (χ3n) is 12.3. The van der Waals surface area contributed by atoms with E-state index >= 15 is 0 Å². The van der Waals surface area contributed by atoms with Crippen molar-refractivity contribution in [3.8, 4) is 0 Å². The van der Waals surface area contributed by atoms with Crippen molar-refractivity contribution in [3.05, 3.63) is 0 Å². The van der Waals surface area contributed by atoms with Gasteiger partial charge in [-0.1, -0.05) is 27.7 Å². The van der Waals surface area contributed by atoms with Gasteiger partial charge in [-0.15, -0.1) is 0 Å². The van der Waals surface area contributed by atoms with Crippen LogP contribution in [0, 0.1) is 23.7 Å². The molecular weight excluding hydrogens is 734 g/mol. The summed E-state index contributed by atoms with van der Waals surface area (Å²) >= 11 is 0. The van der Waals surface area contributed by atoms with Crippen LogP contribution in [0.25, 0.3) is 0 Å². The maximum Gasteiger partial charge on any atom is 0.311 e. The quantitative estimate of drug-likeness (QED) is 0.223. The number of carboxylic acid groups (broad SMARTS) is 1. The van der Waals surface area contributed by atoms with Crippen molar-refractivity contribution >= 4 is 17.7 Å². The van der Waals surface area contributed by atoms with E-state index in [1.54, 1.807) is 48.5 Å². The second-order valence-electron chi connectivity index (χ2n) is 17.2. The molecule has 16 heteroatoms. The van der Waals surface area contributed by atoms with Gasteiger partial charge in [-0.25, -0.2) is 0 Å². The zero-order valence-electron chi connectivity index (χ0n) is 36.3. The largest absolute Gasteiger partial charge is 0.481 e. The molecule has 3 fully saturated rings. The Bertz CT molecular complexity index is 1280. The van der Waals surface area contributed by atoms with Gasteiger partial charge in [0.2, 0.25) is 0 Å². The predicted molar refractivity (Wildman–Crippen MR) is 204 cm³/mol. The van der Waals surface area contributed by atoms with Gasteiger partial charge < -0.3 is 63.6 Å². The maximum atomic E-state index is 14.2. The summed E-state index contributed by atoms with van der Waals surface area (Å²) in [5.74, 6) is -5.30. The maximum absolute atomic E-state index is 14.2. The van der Waals surface area contributed by atoms with E-state index in [9.17, 15) is 30.0 Å². The Balaban J connectivity index is 0.00000258. The highest BCUT2D eigenvalue weighted by molar-refractivity contribution is 5.83. The number of hydrogen-bond donors (Lipinski definition) is 5. The Morgan fingerprint density at radius 2 is 1.43 bits per heavy atom. The number of carboxylic acids is 1. The highest BCUT2D eigenvalue weighted by Gasteiger charge is 2.54. The number of esters is 1. The number of carbonyl (C=O) groups is 3. The molecule has 1 unspecified atom stereocenters. The highest BCUT2D eigenvalue weighted by atomic mass is 16.7. The number of ketones is 1. The summed E-state index contributed by atoms with van der Waals surface area (Å²) in [4.78, 5) is 39.1. The molecule has 5 N–H and O–H groups in total. The summed E-state index contributed by atoms with van der Waals surface area (Å²) in [7, 11) is 6.77. The fourth-order valence-electron chi connectivity index (χ4n) is 8.58. The molecule has 3 heterocycles. The molecule has 328 valence electrons. The molecule has 3 saturated heterocycles. The number of hydrogen-bond acceptors (Lipinski definition) is 15. The SMILES string of the molecule is CC(=O)O.CC[C@H]1OC(=O)[C@H](C)[C@@H](O[C@H]2C[C@@](C)(OC)[C@@H](O)[C@H](C)O2)C(C)[C@@H](O[C@@H]2O[C@H](C)C[C@H](N(C)C)[C@H]2O)[C@](C)(OC)C[C@@H](C)C(=O)[C@H](C)[C@@H](O)[C@]1(C)O. The number of ether oxygens (including phenoxy) is 7. The summed E-state index contributed by atoms with van der Waals surface area (Å²) in [6.07, 6.45) is -8.73. The first-order valence-electron chi connectivity index (χ1n) is 19.8. The molecule has 0 radical (unpaired) electrons. The number of aliphatic hydroxyl groups excluding tert-OH is 3. The van der Waals surface area contributed by atoms with Crippen LogP contribution in [0.1, 0.15) is 102 Å². The van der Waals surface area contributed by atoms with Crippen molar-refractivity contribution in [2.24, 2.45) is 23.7 Å². The summed E-state index contributed by atoms with van der Waals surface area (Å²) in [6.45, 7) is 18.1. The van der Waals surface area contributed by atoms with Crippen LogP contribution >= 0.6 is 0 Å². The lowest BCUT2D eigenvalue weighted by atomic mass is 9.74. The molecule has 0 aromatic carbocycles. The van der Waals surface area contributed by atoms with Gasteiger partial charge in [-0.3, -0.25) is 14.4 Å². The fourth-order valence-corrected chi connectivity index (χ4v) is 8.58. The van der Waals surface area contributed by atoms with Crippen LogP contribution in [0.15, 0.2) is 0 Å². The van der Waals surface area contributed by atoms with Gasteiger partial charge in [0.1, 0.15) is 29.7 Å². The number of likely N-dealkylation sites (N-methyl/N-ethyl adjacent to an activating group) is 1. The first-order valence-corrected chi connectivity index (χ1v) is 19.8. The van der Waals surface area contributed by atoms with Crippen molar-refractivity contribution in [1.29, 1.82) is 0 Å². The lowest BCUT2D eigenvalue weighted by Crippen LogP contribution is -2.61. The van der Waals surface area contributed by atoms with Crippen LogP contribution in [-0.2, 0) is 47.5 Å². The van der Waals surface area contributed by atoms with Crippen LogP contribution in [0.2, 0.25) is 0 Å². The van der Waals surface area contributed by atoms with E-state index in [4.69, 9.17) is 43.1 Å². The second kappa shape index (κ2) is 20.4. The van der Waals surface area contributed by atoms with Crippen molar-refractivity contribution in [2.75, 3.05) is 28.3 Å². The number of Topliss-reactive ketones (excluding diaryl/α,β-unsaturated/α-hetero) is 1. The molecule has 3 aliphatic rings. The molecule has 3 aliphatic heterocycles. The highest BCUT2D eigenvalue weighted by Crippen LogP contribution is 2.41. The minimum Gasteiger partial charge on any atom is -0.481 e. The van der Waals surface area contributed by atoms with Gasteiger partial charge in [0.25, 0.3) is 5.97 Å². The lowest BCUT2D eigenvalue weighted by molar-refractivity contribution is -0.319. The molecule has 16 nitrogen and oxygen atoms in total. The molecular formula is C40H73NO15. The van der Waals surface area contributed by atoms with Crippen LogP contribution in [-0.4, -0.2) is 161 Å². The minimum atomic E-state index is -1.96. The van der Waals surface area contributed by atoms with Crippen LogP contribution in [0.4, 0.5) is 0 Å². The van der Waals surface area contributed by atoms with E-state index in [0.717, 1.165) is 6.92 Å². The number of rotatable bonds is 8. The molecule has 0 aliphatic carbocycles. The molecule has 0 bridgehead atoms. The standard InChI is InChI=1S/C38H69NO13.C2H4O2/c1-15-26-38(10,45)31(42)21(4)28(40)19(2)17-37(9,47-14)33(52-35-29(41)25(39(11)12)16-20(3)48-35)22(5)30(23(6)34(44)50-26)51-27-18-36(8,46-13)32(43)24(7)49-27;1-2(3)4/h19-27,29-33,35,41-43,45H,15-18H2,1-14H3;1H3,(H,3,4)/t19-,20-,21+,22?,23-,24+,25+,26-,27+,29-,30+,31-,32+,33-,35+,36-,37-,38-;/m1./s1. The third kappa shape index (κ3) is 11.7. The number of cyclic esters (lactones) is 1. The first-order chi connectivity index (χ1) is 25.7. The number of methoxy groups -OCH3 is 2. The van der Waals surface area contributed by atoms with Crippen molar-refractivity contribution < 1.29 is 73.1 Å². The lowest BCUT2D eigenvalue weighted by Gasteiger charge is -2.50. The topological polar surface area (TPSA) is 220 Å². The van der Waals surface area contributed by atoms with Crippen LogP contribution in [0.3, 0.4) is 0 Å². The van der Waals surface area contributed by atoms with Crippen LogP contribution in [0.5, 0.6) is 0 Å². The average Bonchev–Trinajstić information content (AvgIpc) is 3.12. The van der Waals surface area contributed by atoms with E-state index in [0.29, 0.717) is 6.42 Å². The van der Waals surface area contributed by atoms with Gasteiger partial charge in [0.15, 0.2) is 12.6 Å². The number of carbonyl (C=O) groups excluding carboxylic acids is 2. The van der Waals surface area contributed by atoms with E-state index in [1.165, 1.54) is 21.1 Å². The molecule has 56 heavy (non-hydrogen) atoms. The molecule has 18 atom stereocenters. The van der Waals surface area contributed by atoms with Gasteiger partial charge in [-0.05, 0) is 74.9 Å². The first kappa shape index (κ1) is 50.3. The van der Waals surface area contributed by atoms with Crippen molar-refractivity contribution in [1.82, 2.24) is 4.90 Å². The van der Waals surface area contributed by atoms with E-state index in [2.05, 4.69) is 0 Å². The minimum absolute atomic E-state index is 0.111. The molecule has 0 aromatic rings. The Morgan fingerprint density at radius 3 is 1.93 bits per heavy atom. The average molecular weight is 808 g/mol. The predicted octanol–water partition coefficient (Wildman–Crippen LogP) is 2.53. The second-order valence-corrected chi connectivity index (χ2v) is 17.2. The zero-order chi connectivity index (χ0) is 43.2. The molecule has 0 saturated carbocycles. The zero-order valence-corrected chi connectivity index (χ0v) is 36.3. The van der Waals surface area contributed by atoms with E-state index < -0.39 is 108 Å². The summed E-state index contributed by atoms with van der Waals surface area (Å²) in [5.41, 5.74) is -4.24. The van der Waals surface area contributed by atoms with Gasteiger partial charge in [-0.2, -0.15) is 0 Å². The van der Waals surface area contributed by atoms with Gasteiger partial charge in [0.05, 0.1) is 47.6 Å². The van der Waals surface area contributed by atoms with Crippen LogP contribution < -0.4 is 0 Å². The number of nitrogens with zero attached hydrogens (tertiary/aromatic N) is 1. The van der Waals surface area contributed by atoms with E-state index in [-0.39, 0.29) is 37.2 Å². The number of aliphatic carboxylic acids is 1. The molecule has 0 aromatic heterocycles.